The highest BCUT2D eigenvalue weighted by molar-refractivity contribution is 7.89. The van der Waals surface area contributed by atoms with E-state index in [1.807, 2.05) is 20.8 Å². The molecule has 74 valence electrons. The van der Waals surface area contributed by atoms with Crippen molar-refractivity contribution in [2.75, 3.05) is 19.3 Å². The molecule has 0 rings (SSSR count). The molecule has 0 aliphatic heterocycles. The second-order valence-electron chi connectivity index (χ2n) is 3.21. The molecule has 0 aromatic heterocycles. The molecule has 0 saturated heterocycles. The predicted molar refractivity (Wildman–Crippen MR) is 51.5 cm³/mol. The first-order valence-electron chi connectivity index (χ1n) is 4.38. The highest BCUT2D eigenvalue weighted by Crippen LogP contribution is 2.07. The molecule has 0 fully saturated rings. The Labute approximate surface area is 75.8 Å². The molecular formula is C8H19NO2S. The van der Waals surface area contributed by atoms with Crippen LogP contribution in [0, 0.1) is 5.92 Å². The molecule has 0 spiro atoms. The first-order chi connectivity index (χ1) is 5.44. The maximum atomic E-state index is 11.5. The highest BCUT2D eigenvalue weighted by Gasteiger charge is 2.18. The zero-order chi connectivity index (χ0) is 9.78. The number of nitrogens with zero attached hydrogens (tertiary/aromatic N) is 1. The minimum absolute atomic E-state index is 0.254. The summed E-state index contributed by atoms with van der Waals surface area (Å²) in [6, 6.07) is 0. The lowest BCUT2D eigenvalue weighted by atomic mass is 10.2. The van der Waals surface area contributed by atoms with Gasteiger partial charge in [0, 0.05) is 13.6 Å². The molecule has 3 nitrogen and oxygen atoms in total. The second kappa shape index (κ2) is 4.82. The monoisotopic (exact) mass is 193 g/mol. The van der Waals surface area contributed by atoms with Crippen molar-refractivity contribution in [3.05, 3.63) is 0 Å². The van der Waals surface area contributed by atoms with Gasteiger partial charge < -0.3 is 0 Å². The molecule has 0 N–H and O–H groups in total. The van der Waals surface area contributed by atoms with Crippen LogP contribution < -0.4 is 0 Å². The molecule has 4 heteroatoms. The van der Waals surface area contributed by atoms with Crippen molar-refractivity contribution < 1.29 is 8.42 Å². The summed E-state index contributed by atoms with van der Waals surface area (Å²) in [5.41, 5.74) is 0. The Balaban J connectivity index is 4.23. The lowest BCUT2D eigenvalue weighted by Crippen LogP contribution is -2.31. The van der Waals surface area contributed by atoms with E-state index >= 15 is 0 Å². The largest absolute Gasteiger partial charge is 0.214 e. The van der Waals surface area contributed by atoms with Gasteiger partial charge in [-0.15, -0.1) is 0 Å². The lowest BCUT2D eigenvalue weighted by molar-refractivity contribution is 0.472. The maximum absolute atomic E-state index is 11.5. The van der Waals surface area contributed by atoms with Gasteiger partial charge in [0.05, 0.1) is 5.75 Å². The molecule has 0 radical (unpaired) electrons. The quantitative estimate of drug-likeness (QED) is 0.660. The van der Waals surface area contributed by atoms with E-state index in [0.29, 0.717) is 6.54 Å². The third-order valence-electron chi connectivity index (χ3n) is 2.11. The molecule has 12 heavy (non-hydrogen) atoms. The van der Waals surface area contributed by atoms with Crippen LogP contribution in [0.5, 0.6) is 0 Å². The molecule has 0 aliphatic carbocycles. The Morgan fingerprint density at radius 2 is 1.83 bits per heavy atom. The summed E-state index contributed by atoms with van der Waals surface area (Å²) in [4.78, 5) is 0. The summed E-state index contributed by atoms with van der Waals surface area (Å²) < 4.78 is 24.3. The van der Waals surface area contributed by atoms with Crippen molar-refractivity contribution in [2.45, 2.75) is 27.2 Å². The standard InChI is InChI=1S/C8H19NO2S/c1-5-8(3)7-12(10,11)9(4)6-2/h8H,5-7H2,1-4H3. The van der Waals surface area contributed by atoms with Gasteiger partial charge in [0.2, 0.25) is 10.0 Å². The minimum Gasteiger partial charge on any atom is -0.212 e. The molecule has 0 saturated carbocycles. The van der Waals surface area contributed by atoms with E-state index in [1.54, 1.807) is 7.05 Å². The number of rotatable bonds is 5. The average molecular weight is 193 g/mol. The van der Waals surface area contributed by atoms with Crippen LogP contribution in [0.4, 0.5) is 0 Å². The van der Waals surface area contributed by atoms with E-state index in [2.05, 4.69) is 0 Å². The van der Waals surface area contributed by atoms with Gasteiger partial charge in [0.25, 0.3) is 0 Å². The van der Waals surface area contributed by atoms with Gasteiger partial charge in [-0.1, -0.05) is 27.2 Å². The molecule has 0 bridgehead atoms. The summed E-state index contributed by atoms with van der Waals surface area (Å²) >= 11 is 0. The van der Waals surface area contributed by atoms with E-state index in [4.69, 9.17) is 0 Å². The third-order valence-corrected chi connectivity index (χ3v) is 4.31. The normalized spacial score (nSPS) is 15.1. The van der Waals surface area contributed by atoms with Crippen molar-refractivity contribution in [3.63, 3.8) is 0 Å². The van der Waals surface area contributed by atoms with Gasteiger partial charge in [0.1, 0.15) is 0 Å². The van der Waals surface area contributed by atoms with Gasteiger partial charge >= 0.3 is 0 Å². The van der Waals surface area contributed by atoms with Crippen molar-refractivity contribution in [3.8, 4) is 0 Å². The summed E-state index contributed by atoms with van der Waals surface area (Å²) in [5, 5.41) is 0. The van der Waals surface area contributed by atoms with Crippen LogP contribution in [0.1, 0.15) is 27.2 Å². The van der Waals surface area contributed by atoms with Crippen molar-refractivity contribution >= 4 is 10.0 Å². The fraction of sp³-hybridized carbons (Fsp3) is 1.00. The van der Waals surface area contributed by atoms with E-state index in [9.17, 15) is 8.42 Å². The van der Waals surface area contributed by atoms with Crippen molar-refractivity contribution in [1.29, 1.82) is 0 Å². The smallest absolute Gasteiger partial charge is 0.212 e. The van der Waals surface area contributed by atoms with Crippen LogP contribution in [0.2, 0.25) is 0 Å². The number of hydrogen-bond donors (Lipinski definition) is 0. The first-order valence-corrected chi connectivity index (χ1v) is 5.99. The SMILES string of the molecule is CCC(C)CS(=O)(=O)N(C)CC. The van der Waals surface area contributed by atoms with Crippen LogP contribution in [-0.4, -0.2) is 32.1 Å². The predicted octanol–water partition coefficient (Wildman–Crippen LogP) is 1.31. The minimum atomic E-state index is -2.99. The molecule has 1 atom stereocenters. The molecule has 0 amide bonds. The van der Waals surface area contributed by atoms with Crippen LogP contribution in [0.25, 0.3) is 0 Å². The van der Waals surface area contributed by atoms with Gasteiger partial charge in [-0.25, -0.2) is 12.7 Å². The number of hydrogen-bond acceptors (Lipinski definition) is 2. The zero-order valence-electron chi connectivity index (χ0n) is 8.37. The molecular weight excluding hydrogens is 174 g/mol. The second-order valence-corrected chi connectivity index (χ2v) is 5.33. The van der Waals surface area contributed by atoms with E-state index in [0.717, 1.165) is 6.42 Å². The Morgan fingerprint density at radius 1 is 1.33 bits per heavy atom. The first kappa shape index (κ1) is 11.9. The topological polar surface area (TPSA) is 37.4 Å². The Bertz CT molecular complexity index is 211. The fourth-order valence-corrected chi connectivity index (χ4v) is 2.40. The average Bonchev–Trinajstić information content (AvgIpc) is 2.02. The summed E-state index contributed by atoms with van der Waals surface area (Å²) in [6.07, 6.45) is 0.913. The highest BCUT2D eigenvalue weighted by atomic mass is 32.2. The Kier molecular flexibility index (Phi) is 4.78. The van der Waals surface area contributed by atoms with Crippen LogP contribution in [0.3, 0.4) is 0 Å². The van der Waals surface area contributed by atoms with Crippen LogP contribution >= 0.6 is 0 Å². The molecule has 0 aliphatic rings. The maximum Gasteiger partial charge on any atom is 0.214 e. The van der Waals surface area contributed by atoms with Gasteiger partial charge in [-0.2, -0.15) is 0 Å². The summed E-state index contributed by atoms with van der Waals surface area (Å²) in [5.74, 6) is 0.525. The van der Waals surface area contributed by atoms with Crippen molar-refractivity contribution in [2.24, 2.45) is 5.92 Å². The van der Waals surface area contributed by atoms with Crippen LogP contribution in [-0.2, 0) is 10.0 Å². The Hall–Kier alpha value is -0.0900. The van der Waals surface area contributed by atoms with E-state index < -0.39 is 10.0 Å². The molecule has 0 heterocycles. The third kappa shape index (κ3) is 3.54. The van der Waals surface area contributed by atoms with E-state index in [-0.39, 0.29) is 11.7 Å². The number of sulfonamides is 1. The van der Waals surface area contributed by atoms with Crippen LogP contribution in [0.15, 0.2) is 0 Å². The summed E-state index contributed by atoms with van der Waals surface area (Å²) in [6.45, 7) is 6.36. The summed E-state index contributed by atoms with van der Waals surface area (Å²) in [7, 11) is -1.37. The van der Waals surface area contributed by atoms with Gasteiger partial charge in [0.15, 0.2) is 0 Å². The molecule has 0 aromatic carbocycles. The van der Waals surface area contributed by atoms with Gasteiger partial charge in [-0.05, 0) is 5.92 Å². The lowest BCUT2D eigenvalue weighted by Gasteiger charge is -2.17. The molecule has 1 unspecified atom stereocenters. The van der Waals surface area contributed by atoms with Crippen molar-refractivity contribution in [1.82, 2.24) is 4.31 Å². The van der Waals surface area contributed by atoms with Gasteiger partial charge in [-0.3, -0.25) is 0 Å². The Morgan fingerprint density at radius 3 is 2.17 bits per heavy atom. The van der Waals surface area contributed by atoms with E-state index in [1.165, 1.54) is 4.31 Å². The molecule has 0 aromatic rings. The zero-order valence-corrected chi connectivity index (χ0v) is 9.19. The fourth-order valence-electron chi connectivity index (χ4n) is 0.801.